The Bertz CT molecular complexity index is 1640. The summed E-state index contributed by atoms with van der Waals surface area (Å²) in [6.07, 6.45) is 82.5. The molecule has 3 N–H and O–H groups in total. The molecule has 0 radical (unpaired) electrons. The predicted molar refractivity (Wildman–Crippen MR) is 321 cm³/mol. The highest BCUT2D eigenvalue weighted by atomic mass is 31.2. The fourth-order valence-corrected chi connectivity index (χ4v) is 8.75. The molecule has 0 aromatic heterocycles. The molecule has 0 aliphatic heterocycles. The monoisotopic (exact) mass is 1060 g/mol. The van der Waals surface area contributed by atoms with Gasteiger partial charge >= 0.3 is 19.8 Å². The predicted octanol–water partition coefficient (Wildman–Crippen LogP) is 19.2. The van der Waals surface area contributed by atoms with Crippen molar-refractivity contribution >= 4 is 19.8 Å². The average Bonchev–Trinajstić information content (AvgIpc) is 3.40. The lowest BCUT2D eigenvalue weighted by Gasteiger charge is -2.19. The van der Waals surface area contributed by atoms with Gasteiger partial charge in [-0.1, -0.05) is 251 Å². The molecule has 0 heterocycles. The van der Waals surface area contributed by atoms with Gasteiger partial charge in [0, 0.05) is 19.4 Å². The third kappa shape index (κ3) is 59.5. The standard InChI is InChI=1S/C65H110NO8P/c1-3-5-7-9-11-13-15-17-19-21-23-25-27-28-29-30-31-32-33-34-36-38-40-42-44-46-48-50-52-54-56-58-65(68)74-63(62-73-75(69,70)72-60-59-66)61-71-64(67)57-55-53-51-49-47-45-43-41-39-37-35-26-24-22-20-18-16-14-12-10-8-6-4-2/h5-8,11-14,17-20,23-26,28-29,37,39,63H,3-4,9-10,15-16,21-22,27,30-36,38,40-62,66H2,1-2H3,(H,69,70)/b7-5-,8-6-,13-11-,14-12-,19-17-,20-18-,25-23-,26-24-,29-28-,39-37-. The normalized spacial score (nSPS) is 13.9. The van der Waals surface area contributed by atoms with Gasteiger partial charge in [-0.15, -0.1) is 0 Å². The van der Waals surface area contributed by atoms with Crippen molar-refractivity contribution in [3.05, 3.63) is 122 Å². The zero-order chi connectivity index (χ0) is 54.5. The first-order chi connectivity index (χ1) is 36.8. The van der Waals surface area contributed by atoms with Gasteiger partial charge in [-0.05, 0) is 103 Å². The van der Waals surface area contributed by atoms with Crippen molar-refractivity contribution in [2.45, 2.75) is 251 Å². The molecular weight excluding hydrogens is 954 g/mol. The van der Waals surface area contributed by atoms with Gasteiger partial charge in [0.1, 0.15) is 6.61 Å². The number of rotatable bonds is 55. The average molecular weight is 1060 g/mol. The third-order valence-corrected chi connectivity index (χ3v) is 13.3. The highest BCUT2D eigenvalue weighted by molar-refractivity contribution is 7.47. The van der Waals surface area contributed by atoms with Crippen LogP contribution in [-0.4, -0.2) is 49.3 Å². The van der Waals surface area contributed by atoms with Crippen LogP contribution in [0.5, 0.6) is 0 Å². The van der Waals surface area contributed by atoms with Gasteiger partial charge in [-0.3, -0.25) is 18.6 Å². The van der Waals surface area contributed by atoms with Crippen LogP contribution in [0.3, 0.4) is 0 Å². The molecule has 0 aliphatic rings. The Kier molecular flexibility index (Phi) is 56.8. The first-order valence-corrected chi connectivity index (χ1v) is 31.5. The van der Waals surface area contributed by atoms with E-state index in [9.17, 15) is 19.0 Å². The number of ether oxygens (including phenoxy) is 2. The highest BCUT2D eigenvalue weighted by Crippen LogP contribution is 2.43. The Hall–Kier alpha value is -3.59. The molecule has 0 bridgehead atoms. The van der Waals surface area contributed by atoms with Gasteiger partial charge in [0.25, 0.3) is 0 Å². The van der Waals surface area contributed by atoms with Crippen LogP contribution in [0.15, 0.2) is 122 Å². The maximum Gasteiger partial charge on any atom is 0.472 e. The molecule has 9 nitrogen and oxygen atoms in total. The van der Waals surface area contributed by atoms with Gasteiger partial charge in [-0.25, -0.2) is 4.57 Å². The van der Waals surface area contributed by atoms with Crippen molar-refractivity contribution in [1.82, 2.24) is 0 Å². The summed E-state index contributed by atoms with van der Waals surface area (Å²) in [5.41, 5.74) is 5.39. The molecule has 0 amide bonds. The lowest BCUT2D eigenvalue weighted by atomic mass is 10.0. The van der Waals surface area contributed by atoms with Crippen molar-refractivity contribution in [1.29, 1.82) is 0 Å². The SMILES string of the molecule is CC/C=C\C/C=C\C/C=C\C/C=C\C/C=C\CCCCCCCCCCCCCCCCCC(=O)OC(COC(=O)CCCCCCCCC/C=C\C/C=C\C/C=C\C/C=C\C/C=C\CC)COP(=O)(O)OCCN. The Labute approximate surface area is 460 Å². The number of esters is 2. The summed E-state index contributed by atoms with van der Waals surface area (Å²) in [6, 6.07) is 0. The molecule has 0 aliphatic carbocycles. The second kappa shape index (κ2) is 59.7. The fraction of sp³-hybridized carbons (Fsp3) is 0.662. The van der Waals surface area contributed by atoms with E-state index < -0.39 is 32.5 Å². The van der Waals surface area contributed by atoms with E-state index in [0.29, 0.717) is 12.8 Å². The maximum atomic E-state index is 12.7. The summed E-state index contributed by atoms with van der Waals surface area (Å²) < 4.78 is 33.1. The van der Waals surface area contributed by atoms with E-state index in [4.69, 9.17) is 24.3 Å². The molecule has 428 valence electrons. The topological polar surface area (TPSA) is 134 Å². The number of nitrogens with two attached hydrogens (primary N) is 1. The van der Waals surface area contributed by atoms with Gasteiger partial charge in [0.05, 0.1) is 13.2 Å². The molecule has 0 fully saturated rings. The summed E-state index contributed by atoms with van der Waals surface area (Å²) >= 11 is 0. The first kappa shape index (κ1) is 71.4. The number of allylic oxidation sites excluding steroid dienone is 20. The number of hydrogen-bond acceptors (Lipinski definition) is 8. The van der Waals surface area contributed by atoms with E-state index in [2.05, 4.69) is 135 Å². The zero-order valence-electron chi connectivity index (χ0n) is 47.7. The molecule has 75 heavy (non-hydrogen) atoms. The molecule has 0 rings (SSSR count). The Balaban J connectivity index is 3.98. The number of unbranched alkanes of at least 4 members (excludes halogenated alkanes) is 22. The highest BCUT2D eigenvalue weighted by Gasteiger charge is 2.26. The van der Waals surface area contributed by atoms with Gasteiger partial charge in [0.2, 0.25) is 0 Å². The van der Waals surface area contributed by atoms with Crippen molar-refractivity contribution in [3.8, 4) is 0 Å². The molecule has 10 heteroatoms. The van der Waals surface area contributed by atoms with Crippen LogP contribution >= 0.6 is 7.82 Å². The van der Waals surface area contributed by atoms with Gasteiger partial charge in [-0.2, -0.15) is 0 Å². The fourth-order valence-electron chi connectivity index (χ4n) is 7.98. The second-order valence-electron chi connectivity index (χ2n) is 19.5. The quantitative estimate of drug-likeness (QED) is 0.0264. The lowest BCUT2D eigenvalue weighted by Crippen LogP contribution is -2.29. The van der Waals surface area contributed by atoms with Crippen LogP contribution in [0.1, 0.15) is 245 Å². The third-order valence-electron chi connectivity index (χ3n) is 12.3. The van der Waals surface area contributed by atoms with Crippen molar-refractivity contribution in [2.24, 2.45) is 5.73 Å². The minimum atomic E-state index is -4.40. The summed E-state index contributed by atoms with van der Waals surface area (Å²) in [6.45, 7) is 3.51. The smallest absolute Gasteiger partial charge is 0.462 e. The number of carbonyl (C=O) groups is 2. The molecule has 0 spiro atoms. The molecule has 2 atom stereocenters. The van der Waals surface area contributed by atoms with E-state index in [-0.39, 0.29) is 32.6 Å². The van der Waals surface area contributed by atoms with E-state index >= 15 is 0 Å². The van der Waals surface area contributed by atoms with Crippen LogP contribution in [0, 0.1) is 0 Å². The summed E-state index contributed by atoms with van der Waals surface area (Å²) in [5.74, 6) is -0.843. The molecule has 0 aromatic carbocycles. The minimum absolute atomic E-state index is 0.0464. The largest absolute Gasteiger partial charge is 0.472 e. The number of phosphoric ester groups is 1. The second-order valence-corrected chi connectivity index (χ2v) is 20.9. The van der Waals surface area contributed by atoms with E-state index in [1.54, 1.807) is 0 Å². The van der Waals surface area contributed by atoms with Crippen LogP contribution in [-0.2, 0) is 32.7 Å². The van der Waals surface area contributed by atoms with Crippen molar-refractivity contribution < 1.29 is 37.6 Å². The Morgan fingerprint density at radius 3 is 1.03 bits per heavy atom. The van der Waals surface area contributed by atoms with Crippen molar-refractivity contribution in [3.63, 3.8) is 0 Å². The number of carbonyl (C=O) groups excluding carboxylic acids is 2. The van der Waals surface area contributed by atoms with Crippen molar-refractivity contribution in [2.75, 3.05) is 26.4 Å². The van der Waals surface area contributed by atoms with Crippen LogP contribution in [0.4, 0.5) is 0 Å². The summed E-state index contributed by atoms with van der Waals surface area (Å²) in [5, 5.41) is 0. The van der Waals surface area contributed by atoms with E-state index in [1.807, 2.05) is 0 Å². The molecule has 0 saturated carbocycles. The molecule has 0 saturated heterocycles. The maximum absolute atomic E-state index is 12.7. The van der Waals surface area contributed by atoms with E-state index in [1.165, 1.54) is 96.3 Å². The van der Waals surface area contributed by atoms with Crippen LogP contribution in [0.25, 0.3) is 0 Å². The number of hydrogen-bond donors (Lipinski definition) is 2. The molecular formula is C65H110NO8P. The molecule has 0 aromatic rings. The number of phosphoric acid groups is 1. The van der Waals surface area contributed by atoms with Gasteiger partial charge < -0.3 is 20.1 Å². The first-order valence-electron chi connectivity index (χ1n) is 30.0. The Morgan fingerprint density at radius 1 is 0.400 bits per heavy atom. The van der Waals surface area contributed by atoms with Gasteiger partial charge in [0.15, 0.2) is 6.10 Å². The lowest BCUT2D eigenvalue weighted by molar-refractivity contribution is -0.161. The summed E-state index contributed by atoms with van der Waals surface area (Å²) in [7, 11) is -4.40. The minimum Gasteiger partial charge on any atom is -0.462 e. The van der Waals surface area contributed by atoms with E-state index in [0.717, 1.165) is 109 Å². The Morgan fingerprint density at radius 2 is 0.693 bits per heavy atom. The van der Waals surface area contributed by atoms with Crippen LogP contribution in [0.2, 0.25) is 0 Å². The van der Waals surface area contributed by atoms with Crippen LogP contribution < -0.4 is 5.73 Å². The summed E-state index contributed by atoms with van der Waals surface area (Å²) in [4.78, 5) is 35.2. The molecule has 2 unspecified atom stereocenters. The zero-order valence-corrected chi connectivity index (χ0v) is 48.6.